The molecular formula is C7H10N4OS. The lowest BCUT2D eigenvalue weighted by Gasteiger charge is -2.36. The van der Waals surface area contributed by atoms with Crippen LogP contribution in [0.15, 0.2) is 6.20 Å². The van der Waals surface area contributed by atoms with Gasteiger partial charge in [0.1, 0.15) is 5.00 Å². The number of nitrogens with zero attached hydrogens (tertiary/aromatic N) is 2. The number of carbonyl (C=O) groups excluding carboxylic acids is 1. The molecule has 13 heavy (non-hydrogen) atoms. The van der Waals surface area contributed by atoms with Crippen LogP contribution in [0, 0.1) is 5.92 Å². The summed E-state index contributed by atoms with van der Waals surface area (Å²) in [6.45, 7) is 1.34. The summed E-state index contributed by atoms with van der Waals surface area (Å²) in [6.07, 6.45) is 1.62. The summed E-state index contributed by atoms with van der Waals surface area (Å²) >= 11 is 1.43. The third kappa shape index (κ3) is 1.44. The zero-order valence-corrected chi connectivity index (χ0v) is 7.75. The van der Waals surface area contributed by atoms with E-state index < -0.39 is 0 Å². The molecule has 0 radical (unpaired) electrons. The lowest BCUT2D eigenvalue weighted by atomic mass is 10.0. The zero-order chi connectivity index (χ0) is 9.42. The number of rotatable bonds is 2. The van der Waals surface area contributed by atoms with E-state index in [1.807, 2.05) is 4.90 Å². The van der Waals surface area contributed by atoms with E-state index in [9.17, 15) is 4.79 Å². The molecule has 1 fully saturated rings. The minimum absolute atomic E-state index is 0.0230. The molecule has 0 bridgehead atoms. The summed E-state index contributed by atoms with van der Waals surface area (Å²) in [6, 6.07) is 0. The number of nitrogen functional groups attached to an aromatic ring is 1. The highest BCUT2D eigenvalue weighted by Crippen LogP contribution is 2.29. The third-order valence-corrected chi connectivity index (χ3v) is 2.95. The zero-order valence-electron chi connectivity index (χ0n) is 6.93. The number of thiazole rings is 1. The average molecular weight is 198 g/mol. The highest BCUT2D eigenvalue weighted by molar-refractivity contribution is 7.19. The Morgan fingerprint density at radius 1 is 1.69 bits per heavy atom. The maximum atomic E-state index is 10.7. The molecule has 0 atom stereocenters. The molecule has 2 heterocycles. The molecule has 0 saturated carbocycles. The number of aromatic nitrogens is 1. The first-order chi connectivity index (χ1) is 6.16. The van der Waals surface area contributed by atoms with Gasteiger partial charge in [0.25, 0.3) is 0 Å². The van der Waals surface area contributed by atoms with Gasteiger partial charge < -0.3 is 16.4 Å². The Hall–Kier alpha value is -1.30. The van der Waals surface area contributed by atoms with E-state index in [0.29, 0.717) is 18.1 Å². The third-order valence-electron chi connectivity index (χ3n) is 2.07. The second-order valence-corrected chi connectivity index (χ2v) is 4.09. The van der Waals surface area contributed by atoms with Crippen LogP contribution < -0.4 is 16.4 Å². The lowest BCUT2D eigenvalue weighted by Crippen LogP contribution is -2.52. The van der Waals surface area contributed by atoms with E-state index in [4.69, 9.17) is 11.5 Å². The maximum absolute atomic E-state index is 10.7. The summed E-state index contributed by atoms with van der Waals surface area (Å²) in [5.74, 6) is -0.258. The standard InChI is InChI=1S/C7H10N4OS/c8-5-1-10-7(13-5)11-2-4(3-11)6(9)12/h1,4H,2-3,8H2,(H2,9,12). The fourth-order valence-electron chi connectivity index (χ4n) is 1.24. The van der Waals surface area contributed by atoms with Crippen molar-refractivity contribution in [3.63, 3.8) is 0 Å². The van der Waals surface area contributed by atoms with Gasteiger partial charge in [0, 0.05) is 13.1 Å². The molecule has 70 valence electrons. The van der Waals surface area contributed by atoms with Crippen LogP contribution >= 0.6 is 11.3 Å². The molecule has 1 saturated heterocycles. The minimum Gasteiger partial charge on any atom is -0.389 e. The van der Waals surface area contributed by atoms with Crippen molar-refractivity contribution in [3.05, 3.63) is 6.20 Å². The van der Waals surface area contributed by atoms with Crippen LogP contribution in [0.4, 0.5) is 10.1 Å². The number of nitrogens with two attached hydrogens (primary N) is 2. The van der Waals surface area contributed by atoms with Crippen LogP contribution in [0.5, 0.6) is 0 Å². The molecule has 1 amide bonds. The first kappa shape index (κ1) is 8.31. The topological polar surface area (TPSA) is 85.2 Å². The van der Waals surface area contributed by atoms with Crippen molar-refractivity contribution in [2.45, 2.75) is 0 Å². The van der Waals surface area contributed by atoms with Gasteiger partial charge in [-0.15, -0.1) is 0 Å². The Bertz CT molecular complexity index is 331. The van der Waals surface area contributed by atoms with E-state index >= 15 is 0 Å². The molecule has 5 nitrogen and oxygen atoms in total. The quantitative estimate of drug-likeness (QED) is 0.680. The Morgan fingerprint density at radius 2 is 2.38 bits per heavy atom. The van der Waals surface area contributed by atoms with Crippen molar-refractivity contribution in [2.24, 2.45) is 11.7 Å². The molecule has 6 heteroatoms. The molecule has 1 aliphatic heterocycles. The van der Waals surface area contributed by atoms with Gasteiger partial charge >= 0.3 is 0 Å². The Kier molecular flexibility index (Phi) is 1.84. The fraction of sp³-hybridized carbons (Fsp3) is 0.429. The largest absolute Gasteiger partial charge is 0.389 e. The first-order valence-corrected chi connectivity index (χ1v) is 4.74. The first-order valence-electron chi connectivity index (χ1n) is 3.92. The van der Waals surface area contributed by atoms with Crippen molar-refractivity contribution in [3.8, 4) is 0 Å². The molecule has 0 aliphatic carbocycles. The van der Waals surface area contributed by atoms with Crippen molar-refractivity contribution >= 4 is 27.4 Å². The predicted molar refractivity (Wildman–Crippen MR) is 51.4 cm³/mol. The molecule has 0 spiro atoms. The van der Waals surface area contributed by atoms with Crippen LogP contribution in [-0.2, 0) is 4.79 Å². The average Bonchev–Trinajstić information content (AvgIpc) is 2.31. The van der Waals surface area contributed by atoms with Crippen LogP contribution in [0.1, 0.15) is 0 Å². The van der Waals surface area contributed by atoms with Crippen molar-refractivity contribution in [2.75, 3.05) is 23.7 Å². The molecule has 1 aromatic heterocycles. The normalized spacial score (nSPS) is 17.1. The second-order valence-electron chi connectivity index (χ2n) is 3.05. The molecule has 0 aromatic carbocycles. The number of hydrogen-bond acceptors (Lipinski definition) is 5. The number of anilines is 2. The molecule has 4 N–H and O–H groups in total. The van der Waals surface area contributed by atoms with Gasteiger partial charge in [-0.05, 0) is 0 Å². The van der Waals surface area contributed by atoms with Crippen molar-refractivity contribution in [1.29, 1.82) is 0 Å². The molecule has 0 unspecified atom stereocenters. The maximum Gasteiger partial charge on any atom is 0.224 e. The predicted octanol–water partition coefficient (Wildman–Crippen LogP) is -0.353. The molecular weight excluding hydrogens is 188 g/mol. The summed E-state index contributed by atoms with van der Waals surface area (Å²) in [4.78, 5) is 16.8. The van der Waals surface area contributed by atoms with E-state index in [1.165, 1.54) is 11.3 Å². The van der Waals surface area contributed by atoms with Gasteiger partial charge in [-0.3, -0.25) is 4.79 Å². The van der Waals surface area contributed by atoms with E-state index in [2.05, 4.69) is 4.98 Å². The van der Waals surface area contributed by atoms with Gasteiger partial charge in [-0.1, -0.05) is 11.3 Å². The smallest absolute Gasteiger partial charge is 0.224 e. The lowest BCUT2D eigenvalue weighted by molar-refractivity contribution is -0.122. The molecule has 1 aromatic rings. The van der Waals surface area contributed by atoms with Crippen LogP contribution in [-0.4, -0.2) is 24.0 Å². The Labute approximate surface area is 79.3 Å². The summed E-state index contributed by atoms with van der Waals surface area (Å²) < 4.78 is 0. The monoisotopic (exact) mass is 198 g/mol. The van der Waals surface area contributed by atoms with Crippen molar-refractivity contribution < 1.29 is 4.79 Å². The van der Waals surface area contributed by atoms with Gasteiger partial charge in [-0.2, -0.15) is 0 Å². The fourth-order valence-corrected chi connectivity index (χ4v) is 1.94. The van der Waals surface area contributed by atoms with Gasteiger partial charge in [0.2, 0.25) is 5.91 Å². The summed E-state index contributed by atoms with van der Waals surface area (Å²) in [5.41, 5.74) is 10.7. The number of carbonyl (C=O) groups is 1. The molecule has 2 rings (SSSR count). The van der Waals surface area contributed by atoms with Gasteiger partial charge in [0.15, 0.2) is 5.13 Å². The van der Waals surface area contributed by atoms with Crippen LogP contribution in [0.3, 0.4) is 0 Å². The van der Waals surface area contributed by atoms with E-state index in [1.54, 1.807) is 6.20 Å². The highest BCUT2D eigenvalue weighted by Gasteiger charge is 2.32. The Balaban J connectivity index is 1.97. The van der Waals surface area contributed by atoms with Gasteiger partial charge in [-0.25, -0.2) is 4.98 Å². The Morgan fingerprint density at radius 3 is 2.85 bits per heavy atom. The van der Waals surface area contributed by atoms with Crippen molar-refractivity contribution in [1.82, 2.24) is 4.98 Å². The van der Waals surface area contributed by atoms with E-state index in [0.717, 1.165) is 5.13 Å². The van der Waals surface area contributed by atoms with Crippen LogP contribution in [0.25, 0.3) is 0 Å². The van der Waals surface area contributed by atoms with Gasteiger partial charge in [0.05, 0.1) is 12.1 Å². The summed E-state index contributed by atoms with van der Waals surface area (Å²) in [5, 5.41) is 1.56. The number of hydrogen-bond donors (Lipinski definition) is 2. The van der Waals surface area contributed by atoms with E-state index in [-0.39, 0.29) is 11.8 Å². The SMILES string of the molecule is NC(=O)C1CN(c2ncc(N)s2)C1. The second kappa shape index (κ2) is 2.88. The summed E-state index contributed by atoms with van der Waals surface area (Å²) in [7, 11) is 0. The minimum atomic E-state index is -0.235. The number of amides is 1. The highest BCUT2D eigenvalue weighted by atomic mass is 32.1. The molecule has 1 aliphatic rings. The number of primary amides is 1. The van der Waals surface area contributed by atoms with Crippen LogP contribution in [0.2, 0.25) is 0 Å².